The van der Waals surface area contributed by atoms with Crippen molar-refractivity contribution in [1.29, 1.82) is 0 Å². The first kappa shape index (κ1) is 12.8. The van der Waals surface area contributed by atoms with Gasteiger partial charge >= 0.3 is 0 Å². The van der Waals surface area contributed by atoms with Crippen LogP contribution in [0.2, 0.25) is 0 Å². The predicted octanol–water partition coefficient (Wildman–Crippen LogP) is 1.13. The second-order valence-electron chi connectivity index (χ2n) is 4.45. The molecule has 0 saturated carbocycles. The maximum Gasteiger partial charge on any atom is 0.154 e. The van der Waals surface area contributed by atoms with Crippen molar-refractivity contribution >= 4 is 25.8 Å². The Bertz CT molecular complexity index is 324. The second-order valence-corrected chi connectivity index (χ2v) is 7.78. The van der Waals surface area contributed by atoms with Gasteiger partial charge in [0.2, 0.25) is 0 Å². The molecule has 0 aromatic heterocycles. The van der Waals surface area contributed by atoms with Gasteiger partial charge in [0.05, 0.1) is 35.1 Å². The van der Waals surface area contributed by atoms with Gasteiger partial charge in [-0.1, -0.05) is 15.9 Å². The van der Waals surface area contributed by atoms with Gasteiger partial charge in [-0.05, 0) is 19.3 Å². The van der Waals surface area contributed by atoms with E-state index in [1.54, 1.807) is 0 Å². The highest BCUT2D eigenvalue weighted by Crippen LogP contribution is 2.23. The molecule has 2 aliphatic rings. The number of halogens is 1. The molecular formula is C10H17BrO4S. The Kier molecular flexibility index (Phi) is 4.26. The molecule has 3 unspecified atom stereocenters. The number of alkyl halides is 1. The fourth-order valence-corrected chi connectivity index (χ4v) is 5.56. The highest BCUT2D eigenvalue weighted by Gasteiger charge is 2.37. The van der Waals surface area contributed by atoms with Crippen LogP contribution in [0.1, 0.15) is 19.3 Å². The van der Waals surface area contributed by atoms with E-state index in [2.05, 4.69) is 15.9 Å². The number of ether oxygens (including phenoxy) is 2. The van der Waals surface area contributed by atoms with Gasteiger partial charge in [0.1, 0.15) is 0 Å². The Hall–Kier alpha value is 0.350. The normalized spacial score (nSPS) is 38.7. The summed E-state index contributed by atoms with van der Waals surface area (Å²) in [5, 5.41) is 0. The maximum atomic E-state index is 11.4. The first-order valence-corrected chi connectivity index (χ1v) is 8.38. The van der Waals surface area contributed by atoms with Crippen LogP contribution < -0.4 is 0 Å². The average Bonchev–Trinajstić information content (AvgIpc) is 2.50. The molecule has 0 amide bonds. The molecule has 2 heterocycles. The number of sulfone groups is 1. The van der Waals surface area contributed by atoms with E-state index >= 15 is 0 Å². The molecule has 6 heteroatoms. The van der Waals surface area contributed by atoms with Crippen LogP contribution >= 0.6 is 15.9 Å². The molecule has 16 heavy (non-hydrogen) atoms. The summed E-state index contributed by atoms with van der Waals surface area (Å²) in [6, 6.07) is 0. The fourth-order valence-electron chi connectivity index (χ4n) is 2.09. The smallest absolute Gasteiger partial charge is 0.154 e. The van der Waals surface area contributed by atoms with Crippen molar-refractivity contribution in [2.45, 2.75) is 36.3 Å². The van der Waals surface area contributed by atoms with Gasteiger partial charge in [0.15, 0.2) is 9.84 Å². The highest BCUT2D eigenvalue weighted by atomic mass is 79.9. The van der Waals surface area contributed by atoms with E-state index in [9.17, 15) is 8.42 Å². The zero-order valence-electron chi connectivity index (χ0n) is 9.10. The topological polar surface area (TPSA) is 52.6 Å². The average molecular weight is 313 g/mol. The molecule has 3 atom stereocenters. The highest BCUT2D eigenvalue weighted by molar-refractivity contribution is 9.09. The Labute approximate surface area is 105 Å². The minimum atomic E-state index is -2.91. The lowest BCUT2D eigenvalue weighted by molar-refractivity contribution is -0.0560. The Morgan fingerprint density at radius 1 is 1.31 bits per heavy atom. The molecule has 2 rings (SSSR count). The molecule has 0 bridgehead atoms. The van der Waals surface area contributed by atoms with Crippen LogP contribution in [0.4, 0.5) is 0 Å². The van der Waals surface area contributed by atoms with Gasteiger partial charge in [0.25, 0.3) is 0 Å². The zero-order chi connectivity index (χ0) is 11.6. The molecule has 94 valence electrons. The lowest BCUT2D eigenvalue weighted by Crippen LogP contribution is -2.30. The summed E-state index contributed by atoms with van der Waals surface area (Å²) in [6.45, 7) is 1.32. The van der Waals surface area contributed by atoms with Crippen molar-refractivity contribution in [2.24, 2.45) is 0 Å². The van der Waals surface area contributed by atoms with Crippen LogP contribution in [0.5, 0.6) is 0 Å². The van der Waals surface area contributed by atoms with Crippen LogP contribution in [0.15, 0.2) is 0 Å². The molecule has 2 aliphatic heterocycles. The zero-order valence-corrected chi connectivity index (χ0v) is 11.5. The third kappa shape index (κ3) is 3.42. The third-order valence-corrected chi connectivity index (χ3v) is 6.05. The van der Waals surface area contributed by atoms with E-state index < -0.39 is 9.84 Å². The first-order chi connectivity index (χ1) is 7.57. The molecule has 0 N–H and O–H groups in total. The summed E-state index contributed by atoms with van der Waals surface area (Å²) in [5.41, 5.74) is 0. The standard InChI is InChI=1S/C10H17BrO4S/c11-9-6-16(12,13)7-10(9)15-5-8-3-1-2-4-14-8/h8-10H,1-7H2. The molecule has 2 saturated heterocycles. The minimum absolute atomic E-state index is 0.0684. The molecule has 0 aromatic rings. The van der Waals surface area contributed by atoms with Crippen molar-refractivity contribution in [2.75, 3.05) is 24.7 Å². The Morgan fingerprint density at radius 3 is 2.69 bits per heavy atom. The fraction of sp³-hybridized carbons (Fsp3) is 1.00. The molecular weight excluding hydrogens is 296 g/mol. The monoisotopic (exact) mass is 312 g/mol. The van der Waals surface area contributed by atoms with Crippen LogP contribution in [0.25, 0.3) is 0 Å². The summed E-state index contributed by atoms with van der Waals surface area (Å²) in [4.78, 5) is -0.0684. The van der Waals surface area contributed by atoms with E-state index in [0.29, 0.717) is 6.61 Å². The number of rotatable bonds is 3. The van der Waals surface area contributed by atoms with Gasteiger partial charge in [-0.2, -0.15) is 0 Å². The van der Waals surface area contributed by atoms with E-state index in [0.717, 1.165) is 19.4 Å². The summed E-state index contributed by atoms with van der Waals surface area (Å²) in [5.74, 6) is 0.318. The predicted molar refractivity (Wildman–Crippen MR) is 64.7 cm³/mol. The molecule has 0 aliphatic carbocycles. The lowest BCUT2D eigenvalue weighted by Gasteiger charge is -2.24. The molecule has 0 spiro atoms. The first-order valence-electron chi connectivity index (χ1n) is 5.64. The van der Waals surface area contributed by atoms with Crippen LogP contribution in [-0.4, -0.2) is 50.2 Å². The summed E-state index contributed by atoms with van der Waals surface area (Å²) in [6.07, 6.45) is 3.25. The summed E-state index contributed by atoms with van der Waals surface area (Å²) >= 11 is 3.36. The van der Waals surface area contributed by atoms with Crippen molar-refractivity contribution in [3.05, 3.63) is 0 Å². The van der Waals surface area contributed by atoms with E-state index in [1.807, 2.05) is 0 Å². The number of hydrogen-bond donors (Lipinski definition) is 0. The molecule has 0 radical (unpaired) electrons. The second kappa shape index (κ2) is 5.33. The quantitative estimate of drug-likeness (QED) is 0.733. The third-order valence-electron chi connectivity index (χ3n) is 3.00. The largest absolute Gasteiger partial charge is 0.376 e. The maximum absolute atomic E-state index is 11.4. The van der Waals surface area contributed by atoms with Crippen LogP contribution in [-0.2, 0) is 19.3 Å². The van der Waals surface area contributed by atoms with Crippen molar-refractivity contribution in [3.63, 3.8) is 0 Å². The van der Waals surface area contributed by atoms with Gasteiger partial charge in [-0.25, -0.2) is 8.42 Å². The summed E-state index contributed by atoms with van der Waals surface area (Å²) < 4.78 is 33.9. The minimum Gasteiger partial charge on any atom is -0.376 e. The van der Waals surface area contributed by atoms with Gasteiger partial charge in [0, 0.05) is 6.61 Å². The van der Waals surface area contributed by atoms with E-state index in [4.69, 9.17) is 9.47 Å². The van der Waals surface area contributed by atoms with E-state index in [1.165, 1.54) is 6.42 Å². The van der Waals surface area contributed by atoms with Crippen LogP contribution in [0.3, 0.4) is 0 Å². The van der Waals surface area contributed by atoms with Gasteiger partial charge < -0.3 is 9.47 Å². The van der Waals surface area contributed by atoms with Gasteiger partial charge in [-0.3, -0.25) is 0 Å². The van der Waals surface area contributed by atoms with Crippen molar-refractivity contribution in [1.82, 2.24) is 0 Å². The number of hydrogen-bond acceptors (Lipinski definition) is 4. The Morgan fingerprint density at radius 2 is 2.12 bits per heavy atom. The van der Waals surface area contributed by atoms with Crippen LogP contribution in [0, 0.1) is 0 Å². The van der Waals surface area contributed by atoms with Crippen molar-refractivity contribution < 1.29 is 17.9 Å². The van der Waals surface area contributed by atoms with E-state index in [-0.39, 0.29) is 28.5 Å². The SMILES string of the molecule is O=S1(=O)CC(Br)C(OCC2CCCCO2)C1. The molecule has 0 aromatic carbocycles. The summed E-state index contributed by atoms with van der Waals surface area (Å²) in [7, 11) is -2.91. The molecule has 2 fully saturated rings. The molecule has 4 nitrogen and oxygen atoms in total. The van der Waals surface area contributed by atoms with Gasteiger partial charge in [-0.15, -0.1) is 0 Å². The lowest BCUT2D eigenvalue weighted by atomic mass is 10.1. The van der Waals surface area contributed by atoms with Crippen molar-refractivity contribution in [3.8, 4) is 0 Å². The Balaban J connectivity index is 1.77.